The molecule has 0 radical (unpaired) electrons. The highest BCUT2D eigenvalue weighted by molar-refractivity contribution is 8.68. The maximum Gasteiger partial charge on any atom is 0.247 e. The Morgan fingerprint density at radius 2 is 1.35 bits per heavy atom. The van der Waals surface area contributed by atoms with Gasteiger partial charge < -0.3 is 9.05 Å². The van der Waals surface area contributed by atoms with E-state index in [1.165, 1.54) is 25.7 Å². The standard InChI is InChI=1S/C15H33O2PS2/c1-6-9-11-13-16-18(19,17-14-12-10-7-2)20-15(4,5)8-3/h6-14H2,1-5H3. The molecule has 0 aromatic heterocycles. The molecule has 0 spiro atoms. The van der Waals surface area contributed by atoms with Crippen molar-refractivity contribution in [2.24, 2.45) is 0 Å². The highest BCUT2D eigenvalue weighted by Crippen LogP contribution is 2.66. The van der Waals surface area contributed by atoms with Crippen molar-refractivity contribution in [3.8, 4) is 0 Å². The fraction of sp³-hybridized carbons (Fsp3) is 1.00. The van der Waals surface area contributed by atoms with Gasteiger partial charge in [0.25, 0.3) is 0 Å². The Bertz CT molecular complexity index is 267. The molecule has 0 atom stereocenters. The molecule has 0 saturated carbocycles. The quantitative estimate of drug-likeness (QED) is 0.279. The molecule has 2 nitrogen and oxygen atoms in total. The van der Waals surface area contributed by atoms with Gasteiger partial charge in [0.15, 0.2) is 0 Å². The monoisotopic (exact) mass is 340 g/mol. The molecule has 0 aromatic rings. The molecule has 0 aliphatic carbocycles. The Morgan fingerprint density at radius 1 is 0.900 bits per heavy atom. The third kappa shape index (κ3) is 10.6. The molecule has 0 aliphatic heterocycles. The lowest BCUT2D eigenvalue weighted by Gasteiger charge is -2.30. The zero-order valence-electron chi connectivity index (χ0n) is 13.9. The third-order valence-electron chi connectivity index (χ3n) is 3.20. The van der Waals surface area contributed by atoms with Gasteiger partial charge in [-0.15, -0.1) is 0 Å². The minimum atomic E-state index is -2.19. The first kappa shape index (κ1) is 20.9. The van der Waals surface area contributed by atoms with Crippen LogP contribution in [0.3, 0.4) is 0 Å². The maximum absolute atomic E-state index is 6.02. The number of rotatable bonds is 13. The summed E-state index contributed by atoms with van der Waals surface area (Å²) in [5.41, 5.74) is -2.19. The van der Waals surface area contributed by atoms with Gasteiger partial charge in [-0.3, -0.25) is 0 Å². The highest BCUT2D eigenvalue weighted by atomic mass is 32.9. The maximum atomic E-state index is 6.02. The van der Waals surface area contributed by atoms with E-state index < -0.39 is 5.69 Å². The first-order valence-electron chi connectivity index (χ1n) is 7.99. The second kappa shape index (κ2) is 11.5. The third-order valence-corrected chi connectivity index (χ3v) is 9.30. The summed E-state index contributed by atoms with van der Waals surface area (Å²) in [7, 11) is 0. The van der Waals surface area contributed by atoms with Crippen LogP contribution < -0.4 is 0 Å². The minimum absolute atomic E-state index is 0.130. The van der Waals surface area contributed by atoms with E-state index in [0.717, 1.165) is 32.5 Å². The van der Waals surface area contributed by atoms with Crippen molar-refractivity contribution < 1.29 is 9.05 Å². The Balaban J connectivity index is 4.38. The number of hydrogen-bond acceptors (Lipinski definition) is 4. The van der Waals surface area contributed by atoms with E-state index in [1.807, 2.05) is 0 Å². The lowest BCUT2D eigenvalue weighted by atomic mass is 10.1. The van der Waals surface area contributed by atoms with Crippen molar-refractivity contribution in [3.05, 3.63) is 0 Å². The van der Waals surface area contributed by atoms with Crippen LogP contribution in [0.4, 0.5) is 0 Å². The fourth-order valence-electron chi connectivity index (χ4n) is 1.51. The highest BCUT2D eigenvalue weighted by Gasteiger charge is 2.29. The molecule has 0 aromatic carbocycles. The molecule has 0 N–H and O–H groups in total. The van der Waals surface area contributed by atoms with Crippen molar-refractivity contribution >= 4 is 28.9 Å². The summed E-state index contributed by atoms with van der Waals surface area (Å²) < 4.78 is 12.2. The molecule has 0 aliphatic rings. The number of unbranched alkanes of at least 4 members (excludes halogenated alkanes) is 4. The summed E-state index contributed by atoms with van der Waals surface area (Å²) in [6.07, 6.45) is 8.06. The van der Waals surface area contributed by atoms with E-state index in [-0.39, 0.29) is 4.75 Å². The van der Waals surface area contributed by atoms with Crippen LogP contribution in [0.1, 0.15) is 79.6 Å². The van der Waals surface area contributed by atoms with Gasteiger partial charge in [-0.2, -0.15) is 0 Å². The zero-order chi connectivity index (χ0) is 15.5. The first-order chi connectivity index (χ1) is 9.39. The molecule has 0 amide bonds. The summed E-state index contributed by atoms with van der Waals surface area (Å²) in [6.45, 7) is 12.5. The summed E-state index contributed by atoms with van der Waals surface area (Å²) in [6, 6.07) is 0. The second-order valence-corrected chi connectivity index (χ2v) is 12.6. The number of hydrogen-bond donors (Lipinski definition) is 0. The Hall–Kier alpha value is 0.920. The predicted molar refractivity (Wildman–Crippen MR) is 97.2 cm³/mol. The van der Waals surface area contributed by atoms with Crippen molar-refractivity contribution in [1.82, 2.24) is 0 Å². The SMILES string of the molecule is CCCCCOP(=S)(OCCCCC)SC(C)(C)CC. The zero-order valence-corrected chi connectivity index (χ0v) is 16.5. The molecule has 0 saturated heterocycles. The molecule has 0 unspecified atom stereocenters. The topological polar surface area (TPSA) is 18.5 Å². The Morgan fingerprint density at radius 3 is 1.70 bits per heavy atom. The molecular weight excluding hydrogens is 307 g/mol. The van der Waals surface area contributed by atoms with Gasteiger partial charge in [0.1, 0.15) is 0 Å². The molecule has 20 heavy (non-hydrogen) atoms. The summed E-state index contributed by atoms with van der Waals surface area (Å²) in [5, 5.41) is 0. The smallest absolute Gasteiger partial charge is 0.247 e. The second-order valence-electron chi connectivity index (χ2n) is 5.73. The average molecular weight is 341 g/mol. The molecule has 122 valence electrons. The summed E-state index contributed by atoms with van der Waals surface area (Å²) in [4.78, 5) is 0. The predicted octanol–water partition coefficient (Wildman–Crippen LogP) is 6.55. The minimum Gasteiger partial charge on any atom is -0.322 e. The summed E-state index contributed by atoms with van der Waals surface area (Å²) >= 11 is 7.49. The van der Waals surface area contributed by atoms with E-state index in [4.69, 9.17) is 20.9 Å². The van der Waals surface area contributed by atoms with E-state index in [0.29, 0.717) is 0 Å². The van der Waals surface area contributed by atoms with E-state index in [9.17, 15) is 0 Å². The Labute approximate surface area is 135 Å². The molecule has 0 rings (SSSR count). The van der Waals surface area contributed by atoms with E-state index >= 15 is 0 Å². The molecular formula is C15H33O2PS2. The normalized spacial score (nSPS) is 12.8. The average Bonchev–Trinajstić information content (AvgIpc) is 2.40. The molecule has 0 fully saturated rings. The van der Waals surface area contributed by atoms with Crippen LogP contribution >= 0.6 is 17.1 Å². The van der Waals surface area contributed by atoms with Gasteiger partial charge in [0, 0.05) is 4.75 Å². The van der Waals surface area contributed by atoms with Crippen LogP contribution in [-0.4, -0.2) is 18.0 Å². The molecule has 0 bridgehead atoms. The van der Waals surface area contributed by atoms with Crippen LogP contribution in [0.15, 0.2) is 0 Å². The van der Waals surface area contributed by atoms with E-state index in [1.54, 1.807) is 11.4 Å². The summed E-state index contributed by atoms with van der Waals surface area (Å²) in [5.74, 6) is 0. The van der Waals surface area contributed by atoms with Crippen LogP contribution in [0.5, 0.6) is 0 Å². The van der Waals surface area contributed by atoms with Crippen molar-refractivity contribution in [1.29, 1.82) is 0 Å². The van der Waals surface area contributed by atoms with Gasteiger partial charge in [-0.1, -0.05) is 71.7 Å². The lowest BCUT2D eigenvalue weighted by Crippen LogP contribution is -2.13. The van der Waals surface area contributed by atoms with Crippen LogP contribution in [0, 0.1) is 0 Å². The first-order valence-corrected chi connectivity index (χ1v) is 12.0. The fourth-order valence-corrected chi connectivity index (χ4v) is 8.36. The van der Waals surface area contributed by atoms with Gasteiger partial charge in [-0.25, -0.2) is 0 Å². The van der Waals surface area contributed by atoms with Gasteiger partial charge in [-0.05, 0) is 31.1 Å². The van der Waals surface area contributed by atoms with Crippen molar-refractivity contribution in [3.63, 3.8) is 0 Å². The lowest BCUT2D eigenvalue weighted by molar-refractivity contribution is 0.250. The molecule has 5 heteroatoms. The Kier molecular flexibility index (Phi) is 12.0. The van der Waals surface area contributed by atoms with Crippen LogP contribution in [-0.2, 0) is 20.9 Å². The van der Waals surface area contributed by atoms with Gasteiger partial charge in [0.05, 0.1) is 13.2 Å². The van der Waals surface area contributed by atoms with E-state index in [2.05, 4.69) is 34.6 Å². The molecule has 0 heterocycles. The van der Waals surface area contributed by atoms with Gasteiger partial charge >= 0.3 is 0 Å². The van der Waals surface area contributed by atoms with Crippen molar-refractivity contribution in [2.45, 2.75) is 84.3 Å². The van der Waals surface area contributed by atoms with Crippen molar-refractivity contribution in [2.75, 3.05) is 13.2 Å². The van der Waals surface area contributed by atoms with Crippen LogP contribution in [0.25, 0.3) is 0 Å². The van der Waals surface area contributed by atoms with Crippen LogP contribution in [0.2, 0.25) is 0 Å². The van der Waals surface area contributed by atoms with Gasteiger partial charge in [0.2, 0.25) is 5.69 Å². The largest absolute Gasteiger partial charge is 0.322 e.